The molecule has 128 valence electrons. The maximum Gasteiger partial charge on any atom is 0.249 e. The van der Waals surface area contributed by atoms with Gasteiger partial charge in [-0.3, -0.25) is 9.78 Å². The van der Waals surface area contributed by atoms with E-state index in [9.17, 15) is 4.79 Å². The lowest BCUT2D eigenvalue weighted by Gasteiger charge is -2.33. The standard InChI is InChI=1S/C21H23N3O/c25-21-19-16(15-8-3-6-13-7-4-10-22-20(13)15)11-14-5-1-2-9-17(14)24-18(19)12-23-21/h3-4,6-8,10,14,16-17,24H,1-2,5,9,11-12H2,(H,23,25)/t14-,16+,17+/m0/s1. The first-order valence-electron chi connectivity index (χ1n) is 9.42. The van der Waals surface area contributed by atoms with Crippen molar-refractivity contribution in [2.75, 3.05) is 6.54 Å². The summed E-state index contributed by atoms with van der Waals surface area (Å²) in [5.41, 5.74) is 4.32. The van der Waals surface area contributed by atoms with E-state index in [2.05, 4.69) is 39.9 Å². The number of nitrogens with zero attached hydrogens (tertiary/aromatic N) is 1. The van der Waals surface area contributed by atoms with Gasteiger partial charge in [0.1, 0.15) is 0 Å². The normalized spacial score (nSPS) is 28.8. The smallest absolute Gasteiger partial charge is 0.249 e. The van der Waals surface area contributed by atoms with Crippen molar-refractivity contribution < 1.29 is 4.79 Å². The van der Waals surface area contributed by atoms with Crippen LogP contribution in [0.15, 0.2) is 47.8 Å². The van der Waals surface area contributed by atoms with Crippen LogP contribution >= 0.6 is 0 Å². The van der Waals surface area contributed by atoms with Gasteiger partial charge in [0, 0.05) is 34.8 Å². The van der Waals surface area contributed by atoms with Crippen LogP contribution in [0.1, 0.15) is 43.6 Å². The molecule has 1 aliphatic carbocycles. The molecule has 1 amide bonds. The third-order valence-electron chi connectivity index (χ3n) is 6.19. The van der Waals surface area contributed by atoms with Crippen LogP contribution in [-0.4, -0.2) is 23.5 Å². The molecule has 1 fully saturated rings. The van der Waals surface area contributed by atoms with Gasteiger partial charge in [0.25, 0.3) is 0 Å². The molecule has 25 heavy (non-hydrogen) atoms. The second-order valence-corrected chi connectivity index (χ2v) is 7.58. The van der Waals surface area contributed by atoms with Gasteiger partial charge in [0.05, 0.1) is 12.1 Å². The van der Waals surface area contributed by atoms with Crippen LogP contribution in [0.25, 0.3) is 10.9 Å². The van der Waals surface area contributed by atoms with Crippen LogP contribution in [0.2, 0.25) is 0 Å². The fourth-order valence-electron chi connectivity index (χ4n) is 5.01. The lowest BCUT2D eigenvalue weighted by molar-refractivity contribution is -0.116. The molecule has 5 rings (SSSR count). The van der Waals surface area contributed by atoms with E-state index in [-0.39, 0.29) is 11.8 Å². The summed E-state index contributed by atoms with van der Waals surface area (Å²) in [5.74, 6) is 0.867. The Hall–Kier alpha value is -2.36. The zero-order chi connectivity index (χ0) is 16.8. The lowest BCUT2D eigenvalue weighted by Crippen LogP contribution is -2.38. The molecule has 3 heterocycles. The van der Waals surface area contributed by atoms with Gasteiger partial charge in [-0.15, -0.1) is 0 Å². The van der Waals surface area contributed by atoms with Crippen molar-refractivity contribution in [2.24, 2.45) is 5.92 Å². The molecule has 1 aromatic carbocycles. The zero-order valence-corrected chi connectivity index (χ0v) is 14.3. The number of carbonyl (C=O) groups excluding carboxylic acids is 1. The van der Waals surface area contributed by atoms with E-state index in [1.165, 1.54) is 31.2 Å². The quantitative estimate of drug-likeness (QED) is 0.842. The molecule has 2 aromatic rings. The minimum Gasteiger partial charge on any atom is -0.383 e. The van der Waals surface area contributed by atoms with Gasteiger partial charge < -0.3 is 10.6 Å². The second kappa shape index (κ2) is 5.87. The topological polar surface area (TPSA) is 54.0 Å². The van der Waals surface area contributed by atoms with E-state index in [0.717, 1.165) is 28.6 Å². The Morgan fingerprint density at radius 3 is 2.92 bits per heavy atom. The second-order valence-electron chi connectivity index (χ2n) is 7.58. The van der Waals surface area contributed by atoms with Crippen molar-refractivity contribution >= 4 is 16.8 Å². The number of aromatic nitrogens is 1. The highest BCUT2D eigenvalue weighted by Gasteiger charge is 2.39. The zero-order valence-electron chi connectivity index (χ0n) is 14.3. The Labute approximate surface area is 147 Å². The van der Waals surface area contributed by atoms with Crippen molar-refractivity contribution in [2.45, 2.75) is 44.1 Å². The first-order chi connectivity index (χ1) is 12.3. The van der Waals surface area contributed by atoms with Crippen molar-refractivity contribution in [1.29, 1.82) is 0 Å². The van der Waals surface area contributed by atoms with Gasteiger partial charge in [-0.1, -0.05) is 37.1 Å². The van der Waals surface area contributed by atoms with Gasteiger partial charge in [-0.05, 0) is 36.8 Å². The van der Waals surface area contributed by atoms with Crippen LogP contribution in [0.4, 0.5) is 0 Å². The fraction of sp³-hybridized carbons (Fsp3) is 0.429. The van der Waals surface area contributed by atoms with E-state index >= 15 is 0 Å². The largest absolute Gasteiger partial charge is 0.383 e. The Kier molecular flexibility index (Phi) is 3.51. The van der Waals surface area contributed by atoms with Crippen LogP contribution in [-0.2, 0) is 4.79 Å². The summed E-state index contributed by atoms with van der Waals surface area (Å²) in [6.45, 7) is 0.645. The first-order valence-corrected chi connectivity index (χ1v) is 9.42. The van der Waals surface area contributed by atoms with E-state index in [0.29, 0.717) is 18.5 Å². The summed E-state index contributed by atoms with van der Waals surface area (Å²) in [7, 11) is 0. The Bertz CT molecular complexity index is 867. The number of para-hydroxylation sites is 1. The fourth-order valence-corrected chi connectivity index (χ4v) is 5.01. The van der Waals surface area contributed by atoms with Crippen LogP contribution in [0, 0.1) is 5.92 Å². The number of benzene rings is 1. The number of rotatable bonds is 1. The third-order valence-corrected chi connectivity index (χ3v) is 6.19. The summed E-state index contributed by atoms with van der Waals surface area (Å²) in [6.07, 6.45) is 7.97. The van der Waals surface area contributed by atoms with E-state index in [4.69, 9.17) is 0 Å². The third kappa shape index (κ3) is 2.43. The highest BCUT2D eigenvalue weighted by Crippen LogP contribution is 2.43. The molecule has 1 saturated carbocycles. The van der Waals surface area contributed by atoms with Crippen molar-refractivity contribution in [1.82, 2.24) is 15.6 Å². The summed E-state index contributed by atoms with van der Waals surface area (Å²) < 4.78 is 0. The van der Waals surface area contributed by atoms with Gasteiger partial charge in [0.15, 0.2) is 0 Å². The maximum absolute atomic E-state index is 12.7. The molecule has 2 aliphatic heterocycles. The van der Waals surface area contributed by atoms with Gasteiger partial charge in [0.2, 0.25) is 5.91 Å². The molecule has 0 radical (unpaired) electrons. The minimum atomic E-state index is 0.0964. The maximum atomic E-state index is 12.7. The number of nitrogens with one attached hydrogen (secondary N) is 2. The molecule has 0 bridgehead atoms. The molecule has 1 aromatic heterocycles. The van der Waals surface area contributed by atoms with Gasteiger partial charge >= 0.3 is 0 Å². The molecule has 0 saturated heterocycles. The number of amides is 1. The summed E-state index contributed by atoms with van der Waals surface area (Å²) in [4.78, 5) is 17.3. The first kappa shape index (κ1) is 14.9. The summed E-state index contributed by atoms with van der Waals surface area (Å²) >= 11 is 0. The highest BCUT2D eigenvalue weighted by atomic mass is 16.2. The molecule has 4 nitrogen and oxygen atoms in total. The Morgan fingerprint density at radius 1 is 1.08 bits per heavy atom. The van der Waals surface area contributed by atoms with Gasteiger partial charge in [-0.2, -0.15) is 0 Å². The predicted molar refractivity (Wildman–Crippen MR) is 98.0 cm³/mol. The van der Waals surface area contributed by atoms with Gasteiger partial charge in [-0.25, -0.2) is 0 Å². The van der Waals surface area contributed by atoms with Crippen molar-refractivity contribution in [3.8, 4) is 0 Å². The van der Waals surface area contributed by atoms with E-state index in [1.54, 1.807) is 0 Å². The molecule has 3 atom stereocenters. The Morgan fingerprint density at radius 2 is 1.96 bits per heavy atom. The molecule has 0 unspecified atom stereocenters. The van der Waals surface area contributed by atoms with Crippen molar-refractivity contribution in [3.05, 3.63) is 53.4 Å². The molecule has 2 N–H and O–H groups in total. The molecule has 4 heteroatoms. The minimum absolute atomic E-state index is 0.0964. The number of carbonyl (C=O) groups is 1. The molecular weight excluding hydrogens is 310 g/mol. The average Bonchev–Trinajstić information content (AvgIpc) is 2.92. The SMILES string of the molecule is O=C1NCC2=C1[C@@H](c1cccc3cccnc13)C[C@@H]1CCCC[C@H]1N2. The number of hydrogen-bond donors (Lipinski definition) is 2. The predicted octanol–water partition coefficient (Wildman–Crippen LogP) is 3.25. The number of pyridine rings is 1. The van der Waals surface area contributed by atoms with Crippen LogP contribution < -0.4 is 10.6 Å². The van der Waals surface area contributed by atoms with Crippen molar-refractivity contribution in [3.63, 3.8) is 0 Å². The highest BCUT2D eigenvalue weighted by molar-refractivity contribution is 5.99. The van der Waals surface area contributed by atoms with Crippen LogP contribution in [0.5, 0.6) is 0 Å². The lowest BCUT2D eigenvalue weighted by atomic mass is 9.76. The molecule has 3 aliphatic rings. The van der Waals surface area contributed by atoms with Crippen LogP contribution in [0.3, 0.4) is 0 Å². The number of fused-ring (bicyclic) bond motifs is 2. The summed E-state index contributed by atoms with van der Waals surface area (Å²) in [6, 6.07) is 11.0. The average molecular weight is 333 g/mol. The monoisotopic (exact) mass is 333 g/mol. The summed E-state index contributed by atoms with van der Waals surface area (Å²) in [5, 5.41) is 7.92. The number of hydrogen-bond acceptors (Lipinski definition) is 3. The van der Waals surface area contributed by atoms with E-state index < -0.39 is 0 Å². The van der Waals surface area contributed by atoms with E-state index in [1.807, 2.05) is 12.3 Å². The Balaban J connectivity index is 1.66. The molecular formula is C21H23N3O. The molecule has 0 spiro atoms.